The maximum Gasteiger partial charge on any atom is 0.320 e. The van der Waals surface area contributed by atoms with Gasteiger partial charge in [0.25, 0.3) is 12.3 Å². The number of ether oxygens (including phenoxy) is 2. The second-order valence-corrected chi connectivity index (χ2v) is 20.1. The van der Waals surface area contributed by atoms with Crippen molar-refractivity contribution in [2.75, 3.05) is 61.1 Å². The Morgan fingerprint density at radius 1 is 1.18 bits per heavy atom. The number of hydrogen-bond donors (Lipinski definition) is 2. The zero-order chi connectivity index (χ0) is 48.2. The Morgan fingerprint density at radius 3 is 2.53 bits per heavy atom. The zero-order valence-corrected chi connectivity index (χ0v) is 40.8. The molecule has 2 fully saturated rings. The first kappa shape index (κ1) is 50.5. The molecule has 3 aliphatic rings. The van der Waals surface area contributed by atoms with E-state index in [0.717, 1.165) is 22.8 Å². The number of nitrogens with one attached hydrogen (secondary N) is 2. The summed E-state index contributed by atoms with van der Waals surface area (Å²) in [6.07, 6.45) is 2.14. The van der Waals surface area contributed by atoms with E-state index < -0.39 is 53.9 Å². The topological polar surface area (TPSA) is 154 Å². The van der Waals surface area contributed by atoms with E-state index in [0.29, 0.717) is 65.5 Å². The average Bonchev–Trinajstić information content (AvgIpc) is 3.83. The minimum absolute atomic E-state index is 0.0135. The third kappa shape index (κ3) is 10.8. The number of hydrogen-bond acceptors (Lipinski definition) is 11. The van der Waals surface area contributed by atoms with Crippen molar-refractivity contribution in [3.63, 3.8) is 0 Å². The van der Waals surface area contributed by atoms with Crippen LogP contribution in [0.2, 0.25) is 0 Å². The first-order valence-corrected chi connectivity index (χ1v) is 23.5. The number of urea groups is 1. The predicted molar refractivity (Wildman–Crippen MR) is 254 cm³/mol. The average molecular weight is 936 g/mol. The van der Waals surface area contributed by atoms with E-state index in [9.17, 15) is 28.0 Å². The fourth-order valence-electron chi connectivity index (χ4n) is 9.29. The van der Waals surface area contributed by atoms with E-state index in [1.54, 1.807) is 42.8 Å². The number of alkyl halides is 2. The van der Waals surface area contributed by atoms with Gasteiger partial charge in [0.1, 0.15) is 23.9 Å². The number of amides is 4. The minimum Gasteiger partial charge on any atom is -0.378 e. The van der Waals surface area contributed by atoms with Gasteiger partial charge in [-0.15, -0.1) is 11.3 Å². The van der Waals surface area contributed by atoms with Crippen LogP contribution in [0.1, 0.15) is 70.6 Å². The van der Waals surface area contributed by atoms with Crippen molar-refractivity contribution in [1.82, 2.24) is 40.0 Å². The van der Waals surface area contributed by atoms with Gasteiger partial charge in [-0.2, -0.15) is 0 Å². The summed E-state index contributed by atoms with van der Waals surface area (Å²) in [4.78, 5) is 70.7. The number of benzene rings is 1. The van der Waals surface area contributed by atoms with Gasteiger partial charge in [0, 0.05) is 79.9 Å². The molecule has 0 radical (unpaired) electrons. The maximum atomic E-state index is 14.7. The molecular formula is C48H67F2N9O6S. The number of thiazole rings is 1. The largest absolute Gasteiger partial charge is 0.378 e. The lowest BCUT2D eigenvalue weighted by molar-refractivity contribution is -0.147. The molecule has 3 aromatic rings. The molecular weight excluding hydrogens is 869 g/mol. The molecule has 4 atom stereocenters. The lowest BCUT2D eigenvalue weighted by Crippen LogP contribution is -2.67. The summed E-state index contributed by atoms with van der Waals surface area (Å²) in [6, 6.07) is 3.57. The molecule has 0 spiro atoms. The normalized spacial score (nSPS) is 22.0. The number of aromatic nitrogens is 2. The van der Waals surface area contributed by atoms with Crippen LogP contribution < -0.4 is 10.7 Å². The number of methoxy groups -OCH3 is 1. The van der Waals surface area contributed by atoms with Crippen LogP contribution in [0, 0.1) is 11.3 Å². The van der Waals surface area contributed by atoms with Crippen molar-refractivity contribution >= 4 is 58.2 Å². The van der Waals surface area contributed by atoms with Crippen molar-refractivity contribution in [1.29, 1.82) is 0 Å². The molecule has 3 aliphatic heterocycles. The third-order valence-electron chi connectivity index (χ3n) is 12.9. The first-order valence-electron chi connectivity index (χ1n) is 22.7. The highest BCUT2D eigenvalue weighted by atomic mass is 32.1. The van der Waals surface area contributed by atoms with E-state index in [-0.39, 0.29) is 44.2 Å². The molecule has 2 aromatic heterocycles. The molecule has 2 N–H and O–H groups in total. The fourth-order valence-corrected chi connectivity index (χ4v) is 10.1. The van der Waals surface area contributed by atoms with Gasteiger partial charge in [0.2, 0.25) is 5.91 Å². The van der Waals surface area contributed by atoms with Crippen LogP contribution in [0.4, 0.5) is 13.6 Å². The summed E-state index contributed by atoms with van der Waals surface area (Å²) in [6.45, 7) is 16.4. The molecule has 6 bridgehead atoms. The second kappa shape index (κ2) is 21.0. The third-order valence-corrected chi connectivity index (χ3v) is 13.8. The van der Waals surface area contributed by atoms with Crippen LogP contribution in [-0.2, 0) is 43.2 Å². The van der Waals surface area contributed by atoms with Crippen molar-refractivity contribution in [2.24, 2.45) is 16.3 Å². The summed E-state index contributed by atoms with van der Waals surface area (Å²) >= 11 is 1.33. The van der Waals surface area contributed by atoms with Crippen LogP contribution in [0.15, 0.2) is 46.9 Å². The van der Waals surface area contributed by atoms with Gasteiger partial charge in [-0.05, 0) is 76.2 Å². The number of nitrogens with zero attached hydrogens (tertiary/aromatic N) is 7. The Morgan fingerprint density at radius 2 is 1.91 bits per heavy atom. The molecule has 360 valence electrons. The fraction of sp³-hybridized carbons (Fsp3) is 0.583. The number of carbonyl (C=O) groups is 4. The lowest BCUT2D eigenvalue weighted by Gasteiger charge is -2.45. The Bertz CT molecular complexity index is 2340. The summed E-state index contributed by atoms with van der Waals surface area (Å²) < 4.78 is 43.1. The number of rotatable bonds is 13. The smallest absolute Gasteiger partial charge is 0.320 e. The van der Waals surface area contributed by atoms with Gasteiger partial charge in [-0.3, -0.25) is 19.6 Å². The monoisotopic (exact) mass is 935 g/mol. The minimum atomic E-state index is -2.69. The molecule has 15 nitrogen and oxygen atoms in total. The number of likely N-dealkylation sites (N-methyl/N-ethyl adjacent to an activating group) is 2. The maximum absolute atomic E-state index is 14.7. The molecule has 18 heteroatoms. The molecule has 6 rings (SSSR count). The number of aliphatic imine (C=N–C) groups is 1. The van der Waals surface area contributed by atoms with E-state index in [1.165, 1.54) is 21.2 Å². The van der Waals surface area contributed by atoms with Crippen molar-refractivity contribution < 1.29 is 37.4 Å². The molecule has 0 aliphatic carbocycles. The standard InChI is InChI=1S/C48H67F2N9O6S/c1-12-33(41(51-13-2)30(5)64-11)43-35-21-47(6,7)27-65-28-48(26-60)17-14-18-59(54-48)45(62)36(53-44(61)42(29(3)4)56(10)46(63)57-22-32(23-57)55(8)9)20-40-52-37(25-66-40)31-15-16-38(34(35)19-31)58(43)24-39(49)50/h12-13,15-16,19,25-26,29-30,32,36,39,42,54H,1,14,17-18,20-24,27-28H2,2-11H3,(H,53,61)/b41-33+,51-13?/t30-,36-,42-,48-/m0/s1. The number of likely N-dealkylation sites (tertiary alicyclic amines) is 1. The molecule has 0 unspecified atom stereocenters. The Balaban J connectivity index is 1.47. The number of aldehydes is 1. The number of halogens is 2. The summed E-state index contributed by atoms with van der Waals surface area (Å²) in [5, 5.41) is 7.56. The van der Waals surface area contributed by atoms with Crippen LogP contribution in [-0.4, -0.2) is 157 Å². The van der Waals surface area contributed by atoms with Crippen LogP contribution in [0.5, 0.6) is 0 Å². The Kier molecular flexibility index (Phi) is 16.0. The van der Waals surface area contributed by atoms with E-state index >= 15 is 0 Å². The molecule has 1 aromatic carbocycles. The van der Waals surface area contributed by atoms with Crippen molar-refractivity contribution in [2.45, 2.75) is 110 Å². The lowest BCUT2D eigenvalue weighted by atomic mass is 9.84. The summed E-state index contributed by atoms with van der Waals surface area (Å²) in [5.74, 6) is -1.25. The highest BCUT2D eigenvalue weighted by Gasteiger charge is 2.43. The summed E-state index contributed by atoms with van der Waals surface area (Å²) in [5.41, 5.74) is 5.65. The highest BCUT2D eigenvalue weighted by molar-refractivity contribution is 7.10. The Hall–Kier alpha value is -4.88. The van der Waals surface area contributed by atoms with E-state index in [1.807, 2.05) is 72.3 Å². The molecule has 2 saturated heterocycles. The number of fused-ring (bicyclic) bond motifs is 6. The molecule has 66 heavy (non-hydrogen) atoms. The van der Waals surface area contributed by atoms with E-state index in [4.69, 9.17) is 14.5 Å². The predicted octanol–water partition coefficient (Wildman–Crippen LogP) is 6.07. The number of carbonyl (C=O) groups excluding carboxylic acids is 4. The van der Waals surface area contributed by atoms with E-state index in [2.05, 4.69) is 27.2 Å². The van der Waals surface area contributed by atoms with Gasteiger partial charge in [-0.25, -0.2) is 24.0 Å². The van der Waals surface area contributed by atoms with Crippen LogP contribution in [0.3, 0.4) is 0 Å². The zero-order valence-electron chi connectivity index (χ0n) is 40.0. The van der Waals surface area contributed by atoms with Crippen LogP contribution >= 0.6 is 11.3 Å². The Labute approximate surface area is 391 Å². The number of allylic oxidation sites excluding steroid dienone is 2. The van der Waals surface area contributed by atoms with Gasteiger partial charge in [0.15, 0.2) is 0 Å². The van der Waals surface area contributed by atoms with Crippen molar-refractivity contribution in [3.8, 4) is 11.3 Å². The number of hydrazine groups is 1. The van der Waals surface area contributed by atoms with Gasteiger partial charge < -0.3 is 38.9 Å². The van der Waals surface area contributed by atoms with Crippen LogP contribution in [0.25, 0.3) is 27.7 Å². The summed E-state index contributed by atoms with van der Waals surface area (Å²) in [7, 11) is 7.11. The van der Waals surface area contributed by atoms with Gasteiger partial charge in [0.05, 0.1) is 48.0 Å². The SMILES string of the molecule is C=C/C(=C(\N=CC)[C@H](C)OC)c1c2c3cc(ccc3n1CC(F)F)-c1csc(n1)C[C@H](NC(=O)[C@H](C(C)C)N(C)C(=O)N1CC(N(C)C)C1)C(=O)N1CCC[C@](C=O)(COCC(C)(C)C2)N1. The van der Waals surface area contributed by atoms with Crippen molar-refractivity contribution in [3.05, 3.63) is 58.2 Å². The highest BCUT2D eigenvalue weighted by Crippen LogP contribution is 2.41. The van der Waals surface area contributed by atoms with Gasteiger partial charge in [-0.1, -0.05) is 46.4 Å². The second-order valence-electron chi connectivity index (χ2n) is 19.1. The molecule has 4 amide bonds. The first-order chi connectivity index (χ1) is 31.3. The quantitative estimate of drug-likeness (QED) is 0.118. The molecule has 0 saturated carbocycles. The molecule has 5 heterocycles. The van der Waals surface area contributed by atoms with Gasteiger partial charge >= 0.3 is 6.03 Å².